The third-order valence-electron chi connectivity index (χ3n) is 3.60. The smallest absolute Gasteiger partial charge is 0.204 e. The highest BCUT2D eigenvalue weighted by Crippen LogP contribution is 2.18. The SMILES string of the molecule is CN(C)c1ncc(CNCC(c2ccco2)N(C)C)n1C. The summed E-state index contributed by atoms with van der Waals surface area (Å²) in [5, 5.41) is 3.48. The van der Waals surface area contributed by atoms with Gasteiger partial charge in [-0.15, -0.1) is 0 Å². The summed E-state index contributed by atoms with van der Waals surface area (Å²) in [6.07, 6.45) is 3.64. The van der Waals surface area contributed by atoms with Gasteiger partial charge >= 0.3 is 0 Å². The minimum atomic E-state index is 0.224. The quantitative estimate of drug-likeness (QED) is 0.837. The Hall–Kier alpha value is -1.79. The van der Waals surface area contributed by atoms with E-state index in [4.69, 9.17) is 4.42 Å². The molecule has 0 spiro atoms. The molecule has 0 saturated heterocycles. The topological polar surface area (TPSA) is 49.5 Å². The summed E-state index contributed by atoms with van der Waals surface area (Å²) in [5.74, 6) is 1.94. The third-order valence-corrected chi connectivity index (χ3v) is 3.60. The Morgan fingerprint density at radius 3 is 2.62 bits per heavy atom. The van der Waals surface area contributed by atoms with Crippen LogP contribution in [-0.4, -0.2) is 49.2 Å². The van der Waals surface area contributed by atoms with E-state index in [9.17, 15) is 0 Å². The molecule has 0 aliphatic rings. The molecular formula is C15H25N5O. The van der Waals surface area contributed by atoms with Crippen LogP contribution in [-0.2, 0) is 13.6 Å². The second-order valence-corrected chi connectivity index (χ2v) is 5.63. The first-order chi connectivity index (χ1) is 10.0. The molecule has 2 rings (SSSR count). The molecule has 2 heterocycles. The number of rotatable bonds is 7. The van der Waals surface area contributed by atoms with Crippen molar-refractivity contribution in [3.05, 3.63) is 36.0 Å². The second-order valence-electron chi connectivity index (χ2n) is 5.63. The van der Waals surface area contributed by atoms with Crippen LogP contribution >= 0.6 is 0 Å². The maximum Gasteiger partial charge on any atom is 0.204 e. The fraction of sp³-hybridized carbons (Fsp3) is 0.533. The van der Waals surface area contributed by atoms with E-state index in [-0.39, 0.29) is 6.04 Å². The average molecular weight is 291 g/mol. The Bertz CT molecular complexity index is 544. The summed E-state index contributed by atoms with van der Waals surface area (Å²) in [6, 6.07) is 4.17. The molecule has 1 atom stereocenters. The van der Waals surface area contributed by atoms with Gasteiger partial charge in [-0.3, -0.25) is 4.90 Å². The van der Waals surface area contributed by atoms with Gasteiger partial charge in [0.15, 0.2) is 0 Å². The number of nitrogens with one attached hydrogen (secondary N) is 1. The molecule has 2 aromatic heterocycles. The van der Waals surface area contributed by atoms with Gasteiger partial charge in [0.1, 0.15) is 5.76 Å². The Balaban J connectivity index is 1.94. The molecule has 0 aliphatic carbocycles. The van der Waals surface area contributed by atoms with Gasteiger partial charge in [-0.1, -0.05) is 0 Å². The molecule has 1 unspecified atom stereocenters. The summed E-state index contributed by atoms with van der Waals surface area (Å²) < 4.78 is 7.61. The highest BCUT2D eigenvalue weighted by Gasteiger charge is 2.16. The van der Waals surface area contributed by atoms with Crippen molar-refractivity contribution >= 4 is 5.95 Å². The van der Waals surface area contributed by atoms with Crippen LogP contribution in [0.2, 0.25) is 0 Å². The summed E-state index contributed by atoms with van der Waals surface area (Å²) >= 11 is 0. The largest absolute Gasteiger partial charge is 0.468 e. The van der Waals surface area contributed by atoms with Gasteiger partial charge < -0.3 is 19.2 Å². The van der Waals surface area contributed by atoms with E-state index in [1.165, 1.54) is 0 Å². The van der Waals surface area contributed by atoms with Crippen molar-refractivity contribution in [3.63, 3.8) is 0 Å². The van der Waals surface area contributed by atoms with Crippen LogP contribution < -0.4 is 10.2 Å². The maximum absolute atomic E-state index is 5.51. The van der Waals surface area contributed by atoms with Gasteiger partial charge in [0.25, 0.3) is 0 Å². The van der Waals surface area contributed by atoms with Crippen LogP contribution in [0, 0.1) is 0 Å². The molecule has 6 heteroatoms. The van der Waals surface area contributed by atoms with Crippen molar-refractivity contribution in [3.8, 4) is 0 Å². The number of furan rings is 1. The standard InChI is InChI=1S/C15H25N5O/c1-18(2)13(14-7-6-8-21-14)11-16-9-12-10-17-15(19(3)4)20(12)5/h6-8,10,13,16H,9,11H2,1-5H3. The lowest BCUT2D eigenvalue weighted by atomic mass is 10.2. The first-order valence-electron chi connectivity index (χ1n) is 7.09. The third kappa shape index (κ3) is 3.65. The summed E-state index contributed by atoms with van der Waals surface area (Å²) in [6.45, 7) is 1.60. The summed E-state index contributed by atoms with van der Waals surface area (Å²) in [4.78, 5) is 8.58. The zero-order valence-electron chi connectivity index (χ0n) is 13.5. The molecule has 0 radical (unpaired) electrons. The number of nitrogens with zero attached hydrogens (tertiary/aromatic N) is 4. The molecule has 0 fully saturated rings. The summed E-state index contributed by atoms with van der Waals surface area (Å²) in [7, 11) is 10.2. The van der Waals surface area contributed by atoms with Crippen LogP contribution in [0.25, 0.3) is 0 Å². The van der Waals surface area contributed by atoms with Gasteiger partial charge in [0.05, 0.1) is 24.2 Å². The first-order valence-corrected chi connectivity index (χ1v) is 7.09. The highest BCUT2D eigenvalue weighted by molar-refractivity contribution is 5.30. The fourth-order valence-corrected chi connectivity index (χ4v) is 2.37. The molecule has 1 N–H and O–H groups in total. The minimum absolute atomic E-state index is 0.224. The van der Waals surface area contributed by atoms with Gasteiger partial charge in [-0.25, -0.2) is 4.98 Å². The van der Waals surface area contributed by atoms with E-state index in [1.54, 1.807) is 6.26 Å². The Labute approximate surface area is 126 Å². The zero-order valence-corrected chi connectivity index (χ0v) is 13.5. The number of hydrogen-bond acceptors (Lipinski definition) is 5. The molecular weight excluding hydrogens is 266 g/mol. The highest BCUT2D eigenvalue weighted by atomic mass is 16.3. The Kier molecular flexibility index (Phi) is 5.03. The van der Waals surface area contributed by atoms with Gasteiger partial charge in [0.2, 0.25) is 5.95 Å². The monoisotopic (exact) mass is 291 g/mol. The van der Waals surface area contributed by atoms with E-state index in [1.807, 2.05) is 44.4 Å². The molecule has 116 valence electrons. The van der Waals surface area contributed by atoms with Crippen LogP contribution in [0.4, 0.5) is 5.95 Å². The molecule has 2 aromatic rings. The van der Waals surface area contributed by atoms with Crippen LogP contribution in [0.3, 0.4) is 0 Å². The average Bonchev–Trinajstić information content (AvgIpc) is 3.04. The lowest BCUT2D eigenvalue weighted by Gasteiger charge is -2.22. The lowest BCUT2D eigenvalue weighted by molar-refractivity contribution is 0.250. The number of likely N-dealkylation sites (N-methyl/N-ethyl adjacent to an activating group) is 1. The number of imidazole rings is 1. The molecule has 0 aromatic carbocycles. The van der Waals surface area contributed by atoms with Gasteiger partial charge in [-0.05, 0) is 26.2 Å². The van der Waals surface area contributed by atoms with Crippen molar-refractivity contribution in [2.75, 3.05) is 39.6 Å². The lowest BCUT2D eigenvalue weighted by Crippen LogP contribution is -2.31. The molecule has 21 heavy (non-hydrogen) atoms. The van der Waals surface area contributed by atoms with E-state index < -0.39 is 0 Å². The van der Waals surface area contributed by atoms with Crippen LogP contribution in [0.1, 0.15) is 17.5 Å². The summed E-state index contributed by atoms with van der Waals surface area (Å²) in [5.41, 5.74) is 1.16. The van der Waals surface area contributed by atoms with E-state index in [2.05, 4.69) is 33.9 Å². The van der Waals surface area contributed by atoms with Crippen LogP contribution in [0.5, 0.6) is 0 Å². The maximum atomic E-state index is 5.51. The van der Waals surface area contributed by atoms with E-state index in [0.717, 1.165) is 30.5 Å². The number of hydrogen-bond donors (Lipinski definition) is 1. The molecule has 6 nitrogen and oxygen atoms in total. The molecule has 0 aliphatic heterocycles. The molecule has 0 saturated carbocycles. The van der Waals surface area contributed by atoms with Crippen LogP contribution in [0.15, 0.2) is 29.0 Å². The van der Waals surface area contributed by atoms with Gasteiger partial charge in [-0.2, -0.15) is 0 Å². The number of anilines is 1. The van der Waals surface area contributed by atoms with Gasteiger partial charge in [0, 0.05) is 34.2 Å². The fourth-order valence-electron chi connectivity index (χ4n) is 2.37. The zero-order chi connectivity index (χ0) is 15.4. The predicted octanol–water partition coefficient (Wildman–Crippen LogP) is 1.47. The minimum Gasteiger partial charge on any atom is -0.468 e. The Morgan fingerprint density at radius 1 is 1.33 bits per heavy atom. The Morgan fingerprint density at radius 2 is 2.10 bits per heavy atom. The van der Waals surface area contributed by atoms with Crippen molar-refractivity contribution in [1.82, 2.24) is 19.8 Å². The van der Waals surface area contributed by atoms with Crippen molar-refractivity contribution in [2.45, 2.75) is 12.6 Å². The molecule has 0 amide bonds. The van der Waals surface area contributed by atoms with E-state index in [0.29, 0.717) is 0 Å². The van der Waals surface area contributed by atoms with Crippen molar-refractivity contribution in [1.29, 1.82) is 0 Å². The van der Waals surface area contributed by atoms with Crippen molar-refractivity contribution in [2.24, 2.45) is 7.05 Å². The predicted molar refractivity (Wildman–Crippen MR) is 84.4 cm³/mol. The number of aromatic nitrogens is 2. The van der Waals surface area contributed by atoms with Crippen molar-refractivity contribution < 1.29 is 4.42 Å². The first kappa shape index (κ1) is 15.6. The molecule has 0 bridgehead atoms. The normalized spacial score (nSPS) is 12.9. The van der Waals surface area contributed by atoms with E-state index >= 15 is 0 Å². The second kappa shape index (κ2) is 6.78.